The van der Waals surface area contributed by atoms with Gasteiger partial charge in [-0.1, -0.05) is 200 Å². The molecule has 13 aromatic carbocycles. The van der Waals surface area contributed by atoms with Crippen LogP contribution in [-0.4, -0.2) is 0 Å². The maximum Gasteiger partial charge on any atom is 0.0463 e. The molecule has 0 bridgehead atoms. The van der Waals surface area contributed by atoms with Gasteiger partial charge in [0, 0.05) is 61.6 Å². The van der Waals surface area contributed by atoms with Crippen molar-refractivity contribution in [2.24, 2.45) is 0 Å². The van der Waals surface area contributed by atoms with Crippen molar-refractivity contribution in [1.82, 2.24) is 0 Å². The maximum atomic E-state index is 2.44. The SMILES string of the molecule is c1ccc(-c2c(-c3ccc4cc5ccccc5cc4c3)sc3c2c2sc(-c4ccc5cc6ccccc6cc5c4)c(-c4ccccc4)c2c2sc(-c4ccc5cc6ccccc6cc5c4)c(-c4ccccc4)c32)cc1. The Bertz CT molecular complexity index is 4450. The van der Waals surface area contributed by atoms with E-state index in [9.17, 15) is 0 Å². The zero-order valence-electron chi connectivity index (χ0n) is 40.5. The average molecular weight is 1000 g/mol. The largest absolute Gasteiger partial charge is 0.134 e. The van der Waals surface area contributed by atoms with Crippen molar-refractivity contribution in [1.29, 1.82) is 0 Å². The van der Waals surface area contributed by atoms with Gasteiger partial charge in [0.2, 0.25) is 0 Å². The van der Waals surface area contributed by atoms with Crippen LogP contribution in [0.25, 0.3) is 160 Å². The summed E-state index contributed by atoms with van der Waals surface area (Å²) in [6, 6.07) is 95.4. The molecule has 16 rings (SSSR count). The van der Waals surface area contributed by atoms with Gasteiger partial charge in [0.15, 0.2) is 0 Å². The lowest BCUT2D eigenvalue weighted by Gasteiger charge is -2.10. The summed E-state index contributed by atoms with van der Waals surface area (Å²) in [5, 5.41) is 19.0. The van der Waals surface area contributed by atoms with Gasteiger partial charge in [-0.25, -0.2) is 0 Å². The molecule has 0 radical (unpaired) electrons. The van der Waals surface area contributed by atoms with Gasteiger partial charge in [-0.15, -0.1) is 34.0 Å². The molecule has 3 heteroatoms. The summed E-state index contributed by atoms with van der Waals surface area (Å²) >= 11 is 5.92. The fourth-order valence-corrected chi connectivity index (χ4v) is 16.3. The van der Waals surface area contributed by atoms with Crippen LogP contribution < -0.4 is 0 Å². The molecule has 0 saturated carbocycles. The minimum Gasteiger partial charge on any atom is -0.134 e. The van der Waals surface area contributed by atoms with Gasteiger partial charge in [0.1, 0.15) is 0 Å². The van der Waals surface area contributed by atoms with Gasteiger partial charge in [0.25, 0.3) is 0 Å². The Hall–Kier alpha value is -8.70. The van der Waals surface area contributed by atoms with Gasteiger partial charge in [-0.2, -0.15) is 0 Å². The van der Waals surface area contributed by atoms with Crippen LogP contribution in [0.15, 0.2) is 255 Å². The van der Waals surface area contributed by atoms with E-state index in [1.165, 1.54) is 160 Å². The summed E-state index contributed by atoms with van der Waals surface area (Å²) < 4.78 is 3.99. The Labute approximate surface area is 445 Å². The van der Waals surface area contributed by atoms with Gasteiger partial charge in [-0.3, -0.25) is 0 Å². The second kappa shape index (κ2) is 16.9. The first-order valence-electron chi connectivity index (χ1n) is 25.6. The summed E-state index contributed by atoms with van der Waals surface area (Å²) in [5.74, 6) is 0. The van der Waals surface area contributed by atoms with E-state index in [0.29, 0.717) is 0 Å². The van der Waals surface area contributed by atoms with Crippen molar-refractivity contribution >= 4 is 129 Å². The second-order valence-corrected chi connectivity index (χ2v) is 23.0. The number of thiophene rings is 3. The van der Waals surface area contributed by atoms with Gasteiger partial charge < -0.3 is 0 Å². The molecule has 0 N–H and O–H groups in total. The summed E-state index contributed by atoms with van der Waals surface area (Å²) in [5.41, 5.74) is 11.3. The topological polar surface area (TPSA) is 0 Å². The highest BCUT2D eigenvalue weighted by atomic mass is 32.1. The van der Waals surface area contributed by atoms with Crippen LogP contribution >= 0.6 is 34.0 Å². The monoisotopic (exact) mass is 1000 g/mol. The normalized spacial score (nSPS) is 12.0. The number of fused-ring (bicyclic) bond motifs is 12. The molecule has 0 saturated heterocycles. The van der Waals surface area contributed by atoms with Crippen molar-refractivity contribution in [2.45, 2.75) is 0 Å². The number of hydrogen-bond acceptors (Lipinski definition) is 3. The highest BCUT2D eigenvalue weighted by Crippen LogP contribution is 2.61. The third kappa shape index (κ3) is 6.86. The van der Waals surface area contributed by atoms with Crippen LogP contribution in [0.4, 0.5) is 0 Å². The molecule has 0 aliphatic heterocycles. The average Bonchev–Trinajstić information content (AvgIpc) is 4.25. The Balaban J connectivity index is 1.09. The van der Waals surface area contributed by atoms with E-state index in [1.807, 2.05) is 34.0 Å². The lowest BCUT2D eigenvalue weighted by Crippen LogP contribution is -1.84. The molecule has 16 aromatic rings. The van der Waals surface area contributed by atoms with Crippen LogP contribution in [0.3, 0.4) is 0 Å². The number of rotatable bonds is 6. The third-order valence-electron chi connectivity index (χ3n) is 15.5. The van der Waals surface area contributed by atoms with Crippen LogP contribution in [0, 0.1) is 0 Å². The standard InChI is InChI=1S/C72H42S3/c1-4-16-43(17-5-1)61-64-70(73-67(61)55-31-28-52-34-46-22-10-13-25-49(46)37-58(52)40-55)65-62(44-18-6-2-7-19-44)69(57-33-30-54-36-48-24-12-15-27-51(48)39-60(54)42-57)75-72(65)66-63(45-20-8-3-9-21-45)68(74-71(64)66)56-32-29-53-35-47-23-11-14-26-50(47)38-59(53)41-56/h1-42H. The van der Waals surface area contributed by atoms with Crippen molar-refractivity contribution in [3.05, 3.63) is 255 Å². The molecule has 3 heterocycles. The van der Waals surface area contributed by atoms with E-state index in [2.05, 4.69) is 255 Å². The molecule has 0 aliphatic carbocycles. The Morgan fingerprint density at radius 3 is 0.667 bits per heavy atom. The molecule has 0 amide bonds. The van der Waals surface area contributed by atoms with Gasteiger partial charge in [0.05, 0.1) is 0 Å². The number of hydrogen-bond donors (Lipinski definition) is 0. The molecule has 3 aromatic heterocycles. The fourth-order valence-electron chi connectivity index (χ4n) is 12.0. The Kier molecular flexibility index (Phi) is 9.65. The first-order chi connectivity index (χ1) is 37.1. The van der Waals surface area contributed by atoms with E-state index in [4.69, 9.17) is 0 Å². The first kappa shape index (κ1) is 42.8. The smallest absolute Gasteiger partial charge is 0.0463 e. The molecule has 348 valence electrons. The molecule has 0 unspecified atom stereocenters. The highest BCUT2D eigenvalue weighted by Gasteiger charge is 2.30. The Morgan fingerprint density at radius 2 is 0.400 bits per heavy atom. The molecule has 0 spiro atoms. The van der Waals surface area contributed by atoms with E-state index in [0.717, 1.165) is 0 Å². The zero-order chi connectivity index (χ0) is 49.1. The van der Waals surface area contributed by atoms with Crippen LogP contribution in [0.5, 0.6) is 0 Å². The molecule has 75 heavy (non-hydrogen) atoms. The number of benzene rings is 13. The third-order valence-corrected chi connectivity index (χ3v) is 19.3. The highest BCUT2D eigenvalue weighted by molar-refractivity contribution is 7.31. The van der Waals surface area contributed by atoms with E-state index >= 15 is 0 Å². The molecule has 0 fully saturated rings. The van der Waals surface area contributed by atoms with Crippen molar-refractivity contribution < 1.29 is 0 Å². The lowest BCUT2D eigenvalue weighted by molar-refractivity contribution is 1.68. The summed E-state index contributed by atoms with van der Waals surface area (Å²) in [7, 11) is 0. The first-order valence-corrected chi connectivity index (χ1v) is 28.1. The Morgan fingerprint density at radius 1 is 0.173 bits per heavy atom. The minimum absolute atomic E-state index is 1.23. The zero-order valence-corrected chi connectivity index (χ0v) is 42.9. The van der Waals surface area contributed by atoms with Crippen LogP contribution in [0.1, 0.15) is 0 Å². The summed E-state index contributed by atoms with van der Waals surface area (Å²) in [6.07, 6.45) is 0. The quantitative estimate of drug-likeness (QED) is 0.146. The van der Waals surface area contributed by atoms with E-state index in [1.54, 1.807) is 0 Å². The van der Waals surface area contributed by atoms with Crippen molar-refractivity contribution in [3.8, 4) is 64.7 Å². The minimum atomic E-state index is 1.23. The lowest BCUT2D eigenvalue weighted by atomic mass is 9.91. The summed E-state index contributed by atoms with van der Waals surface area (Å²) in [4.78, 5) is 3.87. The predicted molar refractivity (Wildman–Crippen MR) is 330 cm³/mol. The second-order valence-electron chi connectivity index (χ2n) is 19.9. The predicted octanol–water partition coefficient (Wildman–Crippen LogP) is 22.3. The maximum absolute atomic E-state index is 2.44. The fraction of sp³-hybridized carbons (Fsp3) is 0. The van der Waals surface area contributed by atoms with Crippen molar-refractivity contribution in [2.75, 3.05) is 0 Å². The molecule has 0 aliphatic rings. The molecular formula is C72H42S3. The molecule has 0 nitrogen and oxygen atoms in total. The summed E-state index contributed by atoms with van der Waals surface area (Å²) in [6.45, 7) is 0. The van der Waals surface area contributed by atoms with E-state index < -0.39 is 0 Å². The van der Waals surface area contributed by atoms with Gasteiger partial charge >= 0.3 is 0 Å². The molecular weight excluding hydrogens is 961 g/mol. The van der Waals surface area contributed by atoms with Crippen LogP contribution in [0.2, 0.25) is 0 Å². The van der Waals surface area contributed by atoms with Gasteiger partial charge in [-0.05, 0) is 153 Å². The molecule has 0 atom stereocenters. The van der Waals surface area contributed by atoms with Crippen LogP contribution in [-0.2, 0) is 0 Å². The van der Waals surface area contributed by atoms with Crippen molar-refractivity contribution in [3.63, 3.8) is 0 Å². The van der Waals surface area contributed by atoms with E-state index in [-0.39, 0.29) is 0 Å².